The van der Waals surface area contributed by atoms with E-state index in [-0.39, 0.29) is 23.8 Å². The first kappa shape index (κ1) is 16.5. The van der Waals surface area contributed by atoms with E-state index in [1.807, 2.05) is 11.9 Å². The van der Waals surface area contributed by atoms with E-state index >= 15 is 0 Å². The summed E-state index contributed by atoms with van der Waals surface area (Å²) in [7, 11) is 1.86. The molecular weight excluding hydrogens is 308 g/mol. The molecule has 1 aromatic rings. The second-order valence-corrected chi connectivity index (χ2v) is 8.08. The van der Waals surface area contributed by atoms with Gasteiger partial charge in [0.2, 0.25) is 11.8 Å². The smallest absolute Gasteiger partial charge is 0.245 e. The first-order valence-corrected chi connectivity index (χ1v) is 9.45. The van der Waals surface area contributed by atoms with E-state index in [9.17, 15) is 9.59 Å². The summed E-state index contributed by atoms with van der Waals surface area (Å²) in [4.78, 5) is 30.4. The number of hydrogen-bond acceptors (Lipinski definition) is 3. The van der Waals surface area contributed by atoms with Crippen molar-refractivity contribution in [2.75, 3.05) is 13.6 Å². The third-order valence-electron chi connectivity index (χ3n) is 5.22. The average Bonchev–Trinajstić information content (AvgIpc) is 3.15. The lowest BCUT2D eigenvalue weighted by Gasteiger charge is -2.37. The van der Waals surface area contributed by atoms with Gasteiger partial charge in [0.1, 0.15) is 6.04 Å². The predicted octanol–water partition coefficient (Wildman–Crippen LogP) is 3.05. The van der Waals surface area contributed by atoms with Crippen molar-refractivity contribution in [3.63, 3.8) is 0 Å². The molecule has 1 saturated heterocycles. The minimum atomic E-state index is -0.255. The summed E-state index contributed by atoms with van der Waals surface area (Å²) in [6, 6.07) is 1.83. The van der Waals surface area contributed by atoms with E-state index in [1.54, 1.807) is 16.2 Å². The predicted molar refractivity (Wildman–Crippen MR) is 92.2 cm³/mol. The molecule has 3 rings (SSSR count). The molecule has 4 nitrogen and oxygen atoms in total. The minimum Gasteiger partial charge on any atom is -0.339 e. The Balaban J connectivity index is 1.68. The summed E-state index contributed by atoms with van der Waals surface area (Å²) >= 11 is 1.69. The Bertz CT molecular complexity index is 598. The zero-order valence-electron chi connectivity index (χ0n) is 14.2. The van der Waals surface area contributed by atoms with Gasteiger partial charge >= 0.3 is 0 Å². The summed E-state index contributed by atoms with van der Waals surface area (Å²) in [5.41, 5.74) is 1.23. The first-order valence-electron chi connectivity index (χ1n) is 8.57. The average molecular weight is 334 g/mol. The van der Waals surface area contributed by atoms with Gasteiger partial charge in [-0.1, -0.05) is 6.92 Å². The first-order chi connectivity index (χ1) is 11.0. The second kappa shape index (κ2) is 6.63. The quantitative estimate of drug-likeness (QED) is 0.849. The van der Waals surface area contributed by atoms with Gasteiger partial charge in [-0.05, 0) is 55.5 Å². The molecule has 3 atom stereocenters. The van der Waals surface area contributed by atoms with Gasteiger partial charge in [-0.3, -0.25) is 9.59 Å². The Hall–Kier alpha value is -1.36. The van der Waals surface area contributed by atoms with Crippen LogP contribution in [-0.2, 0) is 16.1 Å². The number of piperidine rings is 1. The van der Waals surface area contributed by atoms with Crippen molar-refractivity contribution in [3.05, 3.63) is 21.9 Å². The minimum absolute atomic E-state index is 0.0964. The van der Waals surface area contributed by atoms with Crippen molar-refractivity contribution in [1.29, 1.82) is 0 Å². The van der Waals surface area contributed by atoms with E-state index in [0.29, 0.717) is 12.5 Å². The van der Waals surface area contributed by atoms with Gasteiger partial charge in [-0.2, -0.15) is 0 Å². The highest BCUT2D eigenvalue weighted by molar-refractivity contribution is 7.10. The Morgan fingerprint density at radius 2 is 2.13 bits per heavy atom. The maximum absolute atomic E-state index is 12.9. The molecule has 1 aliphatic heterocycles. The topological polar surface area (TPSA) is 40.6 Å². The molecule has 2 heterocycles. The van der Waals surface area contributed by atoms with E-state index < -0.39 is 0 Å². The molecule has 2 amide bonds. The summed E-state index contributed by atoms with van der Waals surface area (Å²) < 4.78 is 0. The van der Waals surface area contributed by atoms with Crippen LogP contribution in [0.2, 0.25) is 0 Å². The highest BCUT2D eigenvalue weighted by Gasteiger charge is 2.45. The number of rotatable bonds is 4. The zero-order valence-corrected chi connectivity index (χ0v) is 15.1. The van der Waals surface area contributed by atoms with Crippen molar-refractivity contribution in [3.8, 4) is 0 Å². The second-order valence-electron chi connectivity index (χ2n) is 7.08. The lowest BCUT2D eigenvalue weighted by Crippen LogP contribution is -2.52. The Kier molecular flexibility index (Phi) is 4.76. The normalized spacial score (nSPS) is 26.9. The van der Waals surface area contributed by atoms with Crippen LogP contribution in [0.5, 0.6) is 0 Å². The lowest BCUT2D eigenvalue weighted by molar-refractivity contribution is -0.148. The van der Waals surface area contributed by atoms with E-state index in [0.717, 1.165) is 32.2 Å². The van der Waals surface area contributed by atoms with E-state index in [2.05, 4.69) is 25.3 Å². The van der Waals surface area contributed by atoms with Gasteiger partial charge < -0.3 is 9.80 Å². The Morgan fingerprint density at radius 1 is 1.39 bits per heavy atom. The number of carbonyl (C=O) groups is 2. The standard InChI is InChI=1S/C18H26N2O2S/c1-12-7-9-23-16(12)11-19(3)18(22)15-6-4-5-8-20(15)17(21)14-10-13(14)2/h7,9,13-15H,4-6,8,10-11H2,1-3H3. The van der Waals surface area contributed by atoms with Crippen molar-refractivity contribution in [2.24, 2.45) is 11.8 Å². The summed E-state index contributed by atoms with van der Waals surface area (Å²) in [6.45, 7) is 5.58. The van der Waals surface area contributed by atoms with Crippen LogP contribution in [0.25, 0.3) is 0 Å². The molecule has 0 radical (unpaired) electrons. The third kappa shape index (κ3) is 3.44. The van der Waals surface area contributed by atoms with Gasteiger partial charge in [0.25, 0.3) is 0 Å². The Labute approximate surface area is 142 Å². The molecule has 2 aliphatic rings. The Morgan fingerprint density at radius 3 is 2.74 bits per heavy atom. The van der Waals surface area contributed by atoms with Gasteiger partial charge in [0, 0.05) is 24.4 Å². The third-order valence-corrected chi connectivity index (χ3v) is 6.23. The fourth-order valence-electron chi connectivity index (χ4n) is 3.45. The fourth-order valence-corrected chi connectivity index (χ4v) is 4.40. The molecule has 2 fully saturated rings. The molecular formula is C18H26N2O2S. The van der Waals surface area contributed by atoms with Crippen LogP contribution in [0.4, 0.5) is 0 Å². The maximum atomic E-state index is 12.9. The molecule has 23 heavy (non-hydrogen) atoms. The number of carbonyl (C=O) groups excluding carboxylic acids is 2. The summed E-state index contributed by atoms with van der Waals surface area (Å²) in [5, 5.41) is 2.06. The van der Waals surface area contributed by atoms with Gasteiger partial charge in [-0.15, -0.1) is 11.3 Å². The molecule has 3 unspecified atom stereocenters. The van der Waals surface area contributed by atoms with E-state index in [1.165, 1.54) is 10.4 Å². The highest BCUT2D eigenvalue weighted by atomic mass is 32.1. The van der Waals surface area contributed by atoms with Crippen molar-refractivity contribution < 1.29 is 9.59 Å². The van der Waals surface area contributed by atoms with Gasteiger partial charge in [0.15, 0.2) is 0 Å². The number of nitrogens with zero attached hydrogens (tertiary/aromatic N) is 2. The van der Waals surface area contributed by atoms with Crippen LogP contribution in [0.15, 0.2) is 11.4 Å². The molecule has 1 saturated carbocycles. The number of likely N-dealkylation sites (N-methyl/N-ethyl adjacent to an activating group) is 1. The number of amides is 2. The van der Waals surface area contributed by atoms with Crippen molar-refractivity contribution >= 4 is 23.2 Å². The number of likely N-dealkylation sites (tertiary alicyclic amines) is 1. The van der Waals surface area contributed by atoms with Crippen LogP contribution >= 0.6 is 11.3 Å². The number of aryl methyl sites for hydroxylation is 1. The van der Waals surface area contributed by atoms with Gasteiger partial charge in [-0.25, -0.2) is 0 Å². The van der Waals surface area contributed by atoms with Crippen LogP contribution in [-0.4, -0.2) is 41.2 Å². The maximum Gasteiger partial charge on any atom is 0.245 e. The SMILES string of the molecule is Cc1ccsc1CN(C)C(=O)C1CCCCN1C(=O)C1CC1C. The molecule has 0 spiro atoms. The van der Waals surface area contributed by atoms with Crippen LogP contribution in [0.1, 0.15) is 43.0 Å². The lowest BCUT2D eigenvalue weighted by atomic mass is 10.00. The van der Waals surface area contributed by atoms with Crippen LogP contribution < -0.4 is 0 Å². The monoisotopic (exact) mass is 334 g/mol. The summed E-state index contributed by atoms with van der Waals surface area (Å²) in [5.74, 6) is 0.954. The number of thiophene rings is 1. The molecule has 5 heteroatoms. The largest absolute Gasteiger partial charge is 0.339 e. The summed E-state index contributed by atoms with van der Waals surface area (Å²) in [6.07, 6.45) is 3.84. The van der Waals surface area contributed by atoms with E-state index in [4.69, 9.17) is 0 Å². The molecule has 1 aromatic heterocycles. The molecule has 0 aromatic carbocycles. The zero-order chi connectivity index (χ0) is 16.6. The fraction of sp³-hybridized carbons (Fsp3) is 0.667. The molecule has 0 bridgehead atoms. The van der Waals surface area contributed by atoms with Gasteiger partial charge in [0.05, 0.1) is 6.54 Å². The highest BCUT2D eigenvalue weighted by Crippen LogP contribution is 2.40. The van der Waals surface area contributed by atoms with Crippen molar-refractivity contribution in [1.82, 2.24) is 9.80 Å². The van der Waals surface area contributed by atoms with Crippen LogP contribution in [0.3, 0.4) is 0 Å². The van der Waals surface area contributed by atoms with Crippen molar-refractivity contribution in [2.45, 2.75) is 52.1 Å². The molecule has 126 valence electrons. The molecule has 1 aliphatic carbocycles. The number of hydrogen-bond donors (Lipinski definition) is 0. The molecule has 0 N–H and O–H groups in total. The van der Waals surface area contributed by atoms with Crippen LogP contribution in [0, 0.1) is 18.8 Å².